The first-order valence-electron chi connectivity index (χ1n) is 3.07. The minimum atomic E-state index is 0.125. The standard InChI is InChI=1S/C7H12O/c1-2-7(6-8)4-3-5-7/h2,8H,1,3-6H2. The molecule has 0 aromatic heterocycles. The first kappa shape index (κ1) is 5.83. The van der Waals surface area contributed by atoms with E-state index in [4.69, 9.17) is 5.11 Å². The molecule has 1 N–H and O–H groups in total. The molecule has 0 aromatic carbocycles. The van der Waals surface area contributed by atoms with Crippen LogP contribution in [0.3, 0.4) is 0 Å². The molecule has 0 radical (unpaired) electrons. The largest absolute Gasteiger partial charge is 0.395 e. The van der Waals surface area contributed by atoms with E-state index in [2.05, 4.69) is 6.58 Å². The molecule has 8 heavy (non-hydrogen) atoms. The van der Waals surface area contributed by atoms with Crippen LogP contribution >= 0.6 is 0 Å². The molecular formula is C7H12O. The maximum Gasteiger partial charge on any atom is 0.0521 e. The Labute approximate surface area is 50.0 Å². The van der Waals surface area contributed by atoms with Crippen molar-refractivity contribution in [3.8, 4) is 0 Å². The predicted octanol–water partition coefficient (Wildman–Crippen LogP) is 1.33. The van der Waals surface area contributed by atoms with Gasteiger partial charge in [-0.1, -0.05) is 12.5 Å². The summed E-state index contributed by atoms with van der Waals surface area (Å²) >= 11 is 0. The van der Waals surface area contributed by atoms with E-state index in [1.165, 1.54) is 6.42 Å². The number of rotatable bonds is 2. The molecule has 46 valence electrons. The maximum absolute atomic E-state index is 8.77. The fourth-order valence-corrected chi connectivity index (χ4v) is 1.06. The predicted molar refractivity (Wildman–Crippen MR) is 33.6 cm³/mol. The van der Waals surface area contributed by atoms with Crippen molar-refractivity contribution in [3.63, 3.8) is 0 Å². The lowest BCUT2D eigenvalue weighted by molar-refractivity contribution is 0.0926. The Morgan fingerprint density at radius 3 is 2.25 bits per heavy atom. The number of hydrogen-bond acceptors (Lipinski definition) is 1. The van der Waals surface area contributed by atoms with Gasteiger partial charge in [0.1, 0.15) is 0 Å². The highest BCUT2D eigenvalue weighted by Gasteiger charge is 2.32. The van der Waals surface area contributed by atoms with Crippen molar-refractivity contribution in [2.45, 2.75) is 19.3 Å². The second kappa shape index (κ2) is 1.90. The topological polar surface area (TPSA) is 20.2 Å². The van der Waals surface area contributed by atoms with Gasteiger partial charge in [0.2, 0.25) is 0 Å². The SMILES string of the molecule is C=CC1(CO)CCC1. The Morgan fingerprint density at radius 1 is 1.62 bits per heavy atom. The smallest absolute Gasteiger partial charge is 0.0521 e. The van der Waals surface area contributed by atoms with Gasteiger partial charge in [-0.2, -0.15) is 0 Å². The van der Waals surface area contributed by atoms with Crippen molar-refractivity contribution in [1.82, 2.24) is 0 Å². The fraction of sp³-hybridized carbons (Fsp3) is 0.714. The van der Waals surface area contributed by atoms with Crippen molar-refractivity contribution in [3.05, 3.63) is 12.7 Å². The third-order valence-electron chi connectivity index (χ3n) is 2.10. The van der Waals surface area contributed by atoms with E-state index in [0.29, 0.717) is 0 Å². The summed E-state index contributed by atoms with van der Waals surface area (Å²) < 4.78 is 0. The lowest BCUT2D eigenvalue weighted by Crippen LogP contribution is -2.30. The van der Waals surface area contributed by atoms with E-state index in [1.54, 1.807) is 0 Å². The van der Waals surface area contributed by atoms with Gasteiger partial charge in [0.15, 0.2) is 0 Å². The molecular weight excluding hydrogens is 100 g/mol. The first-order chi connectivity index (χ1) is 3.83. The van der Waals surface area contributed by atoms with Crippen molar-refractivity contribution in [1.29, 1.82) is 0 Å². The quantitative estimate of drug-likeness (QED) is 0.534. The average molecular weight is 112 g/mol. The summed E-state index contributed by atoms with van der Waals surface area (Å²) in [5.74, 6) is 0. The summed E-state index contributed by atoms with van der Waals surface area (Å²) in [6, 6.07) is 0. The summed E-state index contributed by atoms with van der Waals surface area (Å²) in [5, 5.41) is 8.77. The average Bonchev–Trinajstić information content (AvgIpc) is 1.67. The maximum atomic E-state index is 8.77. The fourth-order valence-electron chi connectivity index (χ4n) is 1.06. The summed E-state index contributed by atoms with van der Waals surface area (Å²) in [5.41, 5.74) is 0.125. The van der Waals surface area contributed by atoms with E-state index < -0.39 is 0 Å². The molecule has 0 spiro atoms. The van der Waals surface area contributed by atoms with E-state index in [9.17, 15) is 0 Å². The van der Waals surface area contributed by atoms with Crippen LogP contribution in [0.2, 0.25) is 0 Å². The summed E-state index contributed by atoms with van der Waals surface area (Å²) in [7, 11) is 0. The molecule has 1 aliphatic rings. The van der Waals surface area contributed by atoms with Crippen LogP contribution < -0.4 is 0 Å². The van der Waals surface area contributed by atoms with Crippen LogP contribution in [0.15, 0.2) is 12.7 Å². The van der Waals surface area contributed by atoms with E-state index in [0.717, 1.165) is 12.8 Å². The molecule has 0 saturated heterocycles. The summed E-state index contributed by atoms with van der Waals surface area (Å²) in [6.45, 7) is 3.95. The number of hydrogen-bond donors (Lipinski definition) is 1. The van der Waals surface area contributed by atoms with Gasteiger partial charge in [-0.15, -0.1) is 6.58 Å². The van der Waals surface area contributed by atoms with Gasteiger partial charge in [0, 0.05) is 5.41 Å². The zero-order valence-electron chi connectivity index (χ0n) is 5.06. The molecule has 0 unspecified atom stereocenters. The molecule has 0 aliphatic heterocycles. The molecule has 0 aromatic rings. The van der Waals surface area contributed by atoms with E-state index in [-0.39, 0.29) is 12.0 Å². The van der Waals surface area contributed by atoms with Crippen LogP contribution in [0.5, 0.6) is 0 Å². The molecule has 1 saturated carbocycles. The monoisotopic (exact) mass is 112 g/mol. The van der Waals surface area contributed by atoms with Gasteiger partial charge < -0.3 is 5.11 Å². The molecule has 0 heterocycles. The molecule has 0 bridgehead atoms. The van der Waals surface area contributed by atoms with Gasteiger partial charge in [0.25, 0.3) is 0 Å². The molecule has 1 fully saturated rings. The zero-order chi connectivity index (χ0) is 6.04. The lowest BCUT2D eigenvalue weighted by atomic mass is 9.70. The van der Waals surface area contributed by atoms with Gasteiger partial charge >= 0.3 is 0 Å². The molecule has 0 amide bonds. The molecule has 1 nitrogen and oxygen atoms in total. The number of aliphatic hydroxyl groups excluding tert-OH is 1. The van der Waals surface area contributed by atoms with Crippen LogP contribution in [0.25, 0.3) is 0 Å². The minimum absolute atomic E-state index is 0.125. The van der Waals surface area contributed by atoms with Gasteiger partial charge in [0.05, 0.1) is 6.61 Å². The summed E-state index contributed by atoms with van der Waals surface area (Å²) in [6.07, 6.45) is 5.41. The Hall–Kier alpha value is -0.300. The van der Waals surface area contributed by atoms with Crippen molar-refractivity contribution >= 4 is 0 Å². The second-order valence-electron chi connectivity index (χ2n) is 2.58. The third kappa shape index (κ3) is 0.671. The molecule has 1 rings (SSSR count). The first-order valence-corrected chi connectivity index (χ1v) is 3.07. The lowest BCUT2D eigenvalue weighted by Gasteiger charge is -2.36. The highest BCUT2D eigenvalue weighted by Crippen LogP contribution is 2.40. The third-order valence-corrected chi connectivity index (χ3v) is 2.10. The van der Waals surface area contributed by atoms with Gasteiger partial charge in [-0.25, -0.2) is 0 Å². The van der Waals surface area contributed by atoms with Crippen LogP contribution in [0.4, 0.5) is 0 Å². The second-order valence-corrected chi connectivity index (χ2v) is 2.58. The van der Waals surface area contributed by atoms with Gasteiger partial charge in [-0.3, -0.25) is 0 Å². The molecule has 1 aliphatic carbocycles. The highest BCUT2D eigenvalue weighted by atomic mass is 16.3. The Balaban J connectivity index is 2.45. The Kier molecular flexibility index (Phi) is 1.39. The Morgan fingerprint density at radius 2 is 2.25 bits per heavy atom. The molecule has 0 atom stereocenters. The van der Waals surface area contributed by atoms with Crippen LogP contribution in [-0.4, -0.2) is 11.7 Å². The van der Waals surface area contributed by atoms with Gasteiger partial charge in [-0.05, 0) is 12.8 Å². The summed E-state index contributed by atoms with van der Waals surface area (Å²) in [4.78, 5) is 0. The Bertz CT molecular complexity index is 87.1. The minimum Gasteiger partial charge on any atom is -0.395 e. The van der Waals surface area contributed by atoms with Crippen molar-refractivity contribution < 1.29 is 5.11 Å². The van der Waals surface area contributed by atoms with Crippen LogP contribution in [-0.2, 0) is 0 Å². The zero-order valence-corrected chi connectivity index (χ0v) is 5.06. The number of aliphatic hydroxyl groups is 1. The van der Waals surface area contributed by atoms with Crippen molar-refractivity contribution in [2.75, 3.05) is 6.61 Å². The highest BCUT2D eigenvalue weighted by molar-refractivity contribution is 5.00. The van der Waals surface area contributed by atoms with Crippen LogP contribution in [0.1, 0.15) is 19.3 Å². The normalized spacial score (nSPS) is 24.1. The molecule has 1 heteroatoms. The van der Waals surface area contributed by atoms with Crippen LogP contribution in [0, 0.1) is 5.41 Å². The van der Waals surface area contributed by atoms with Crippen molar-refractivity contribution in [2.24, 2.45) is 5.41 Å². The van der Waals surface area contributed by atoms with E-state index in [1.807, 2.05) is 6.08 Å². The van der Waals surface area contributed by atoms with E-state index >= 15 is 0 Å².